The van der Waals surface area contributed by atoms with Crippen molar-refractivity contribution in [1.29, 1.82) is 0 Å². The lowest BCUT2D eigenvalue weighted by Crippen LogP contribution is -2.78. The first-order chi connectivity index (χ1) is 20.4. The molecule has 0 amide bonds. The second kappa shape index (κ2) is 10.5. The molecule has 0 saturated heterocycles. The fraction of sp³-hybridized carbons (Fsp3) is 0.543. The number of aliphatic hydroxyl groups is 4. The highest BCUT2D eigenvalue weighted by atomic mass is 16.6. The molecule has 6 rings (SSSR count). The van der Waals surface area contributed by atoms with Crippen molar-refractivity contribution in [3.63, 3.8) is 0 Å². The number of fused-ring (bicyclic) bond motifs is 5. The number of carbonyl (C=O) groups is 1. The average Bonchev–Trinajstić information content (AvgIpc) is 3.23. The van der Waals surface area contributed by atoms with Crippen molar-refractivity contribution in [2.45, 2.75) is 101 Å². The van der Waals surface area contributed by atoms with Gasteiger partial charge in [0, 0.05) is 18.3 Å². The minimum atomic E-state index is -1.76. The topological polar surface area (TPSA) is 129 Å². The Morgan fingerprint density at radius 2 is 1.84 bits per heavy atom. The molecular formula is C35H43NO7. The average molecular weight is 590 g/mol. The summed E-state index contributed by atoms with van der Waals surface area (Å²) in [7, 11) is 0. The van der Waals surface area contributed by atoms with Crippen LogP contribution in [0.2, 0.25) is 0 Å². The van der Waals surface area contributed by atoms with Crippen molar-refractivity contribution in [2.24, 2.45) is 16.7 Å². The third-order valence-corrected chi connectivity index (χ3v) is 11.8. The molecule has 3 fully saturated rings. The third-order valence-electron chi connectivity index (χ3n) is 11.8. The maximum Gasteiger partial charge on any atom is 0.340 e. The first-order valence-electron chi connectivity index (χ1n) is 15.4. The molecule has 230 valence electrons. The van der Waals surface area contributed by atoms with Crippen molar-refractivity contribution >= 4 is 12.0 Å². The van der Waals surface area contributed by atoms with Crippen LogP contribution in [0.25, 0.3) is 6.08 Å². The molecule has 4 aliphatic rings. The minimum Gasteiger partial charge on any atom is -0.497 e. The van der Waals surface area contributed by atoms with Crippen molar-refractivity contribution in [1.82, 2.24) is 4.98 Å². The van der Waals surface area contributed by atoms with Gasteiger partial charge in [0.25, 0.3) is 0 Å². The van der Waals surface area contributed by atoms with Gasteiger partial charge < -0.3 is 29.9 Å². The van der Waals surface area contributed by atoms with Crippen molar-refractivity contribution < 1.29 is 34.7 Å². The molecule has 9 atom stereocenters. The number of nitrogens with zero attached hydrogens (tertiary/aromatic N) is 1. The van der Waals surface area contributed by atoms with E-state index in [1.54, 1.807) is 38.4 Å². The second-order valence-corrected chi connectivity index (χ2v) is 13.6. The molecule has 1 aromatic heterocycles. The summed E-state index contributed by atoms with van der Waals surface area (Å²) in [5, 5.41) is 48.6. The quantitative estimate of drug-likeness (QED) is 0.219. The highest BCUT2D eigenvalue weighted by molar-refractivity contribution is 5.89. The first kappa shape index (κ1) is 30.0. The van der Waals surface area contributed by atoms with Crippen molar-refractivity contribution in [3.05, 3.63) is 83.9 Å². The predicted octanol–water partition coefficient (Wildman–Crippen LogP) is 4.58. The molecule has 1 heterocycles. The lowest BCUT2D eigenvalue weighted by atomic mass is 9.42. The van der Waals surface area contributed by atoms with E-state index in [-0.39, 0.29) is 30.7 Å². The molecule has 4 N–H and O–H groups in total. The zero-order valence-corrected chi connectivity index (χ0v) is 25.1. The molecule has 3 saturated carbocycles. The van der Waals surface area contributed by atoms with Gasteiger partial charge in [0.2, 0.25) is 0 Å². The molecule has 1 aromatic carbocycles. The normalized spacial score (nSPS) is 41.0. The molecule has 8 heteroatoms. The summed E-state index contributed by atoms with van der Waals surface area (Å²) in [5.41, 5.74) is -4.62. The lowest BCUT2D eigenvalue weighted by molar-refractivity contribution is -0.325. The van der Waals surface area contributed by atoms with Gasteiger partial charge in [-0.1, -0.05) is 55.8 Å². The van der Waals surface area contributed by atoms with Crippen LogP contribution in [-0.2, 0) is 9.47 Å². The highest BCUT2D eigenvalue weighted by Gasteiger charge is 2.81. The van der Waals surface area contributed by atoms with Gasteiger partial charge in [0.1, 0.15) is 29.0 Å². The van der Waals surface area contributed by atoms with Crippen molar-refractivity contribution in [3.8, 4) is 0 Å². The van der Waals surface area contributed by atoms with Crippen LogP contribution in [0.5, 0.6) is 0 Å². The number of hydrogen-bond donors (Lipinski definition) is 4. The van der Waals surface area contributed by atoms with E-state index in [2.05, 4.69) is 11.9 Å². The van der Waals surface area contributed by atoms with E-state index in [1.165, 1.54) is 6.20 Å². The fourth-order valence-electron chi connectivity index (χ4n) is 9.10. The van der Waals surface area contributed by atoms with Crippen LogP contribution in [-0.4, -0.2) is 66.5 Å². The summed E-state index contributed by atoms with van der Waals surface area (Å²) in [4.78, 5) is 17.1. The number of aliphatic hydroxyl groups excluding tert-OH is 1. The number of benzene rings is 1. The van der Waals surface area contributed by atoms with Gasteiger partial charge in [-0.2, -0.15) is 0 Å². The van der Waals surface area contributed by atoms with Crippen LogP contribution in [0.3, 0.4) is 0 Å². The Morgan fingerprint density at radius 1 is 1.07 bits per heavy atom. The minimum absolute atomic E-state index is 0.102. The van der Waals surface area contributed by atoms with Crippen LogP contribution in [0, 0.1) is 16.7 Å². The number of esters is 1. The van der Waals surface area contributed by atoms with Gasteiger partial charge in [0.05, 0.1) is 23.3 Å². The van der Waals surface area contributed by atoms with E-state index < -0.39 is 51.9 Å². The Morgan fingerprint density at radius 3 is 2.56 bits per heavy atom. The van der Waals surface area contributed by atoms with Gasteiger partial charge in [-0.05, 0) is 81.1 Å². The Kier molecular flexibility index (Phi) is 7.36. The molecule has 0 radical (unpaired) electrons. The fourth-order valence-corrected chi connectivity index (χ4v) is 9.10. The summed E-state index contributed by atoms with van der Waals surface area (Å²) in [5.74, 6) is -1.00. The molecular weight excluding hydrogens is 546 g/mol. The summed E-state index contributed by atoms with van der Waals surface area (Å²) in [6.45, 7) is 5.54. The number of ether oxygens (including phenoxy) is 2. The van der Waals surface area contributed by atoms with Crippen molar-refractivity contribution in [2.75, 3.05) is 0 Å². The van der Waals surface area contributed by atoms with Crippen LogP contribution in [0.4, 0.5) is 0 Å². The number of pyridine rings is 1. The van der Waals surface area contributed by atoms with Gasteiger partial charge in [-0.25, -0.2) is 4.79 Å². The number of carbonyl (C=O) groups excluding carboxylic acids is 1. The zero-order valence-electron chi connectivity index (χ0n) is 25.1. The van der Waals surface area contributed by atoms with E-state index in [1.807, 2.05) is 42.5 Å². The molecule has 0 aliphatic heterocycles. The van der Waals surface area contributed by atoms with Gasteiger partial charge in [-0.15, -0.1) is 0 Å². The molecule has 4 aliphatic carbocycles. The number of hydrogen-bond acceptors (Lipinski definition) is 8. The molecule has 1 unspecified atom stereocenters. The Hall–Kier alpha value is -3.04. The van der Waals surface area contributed by atoms with Crippen LogP contribution < -0.4 is 0 Å². The van der Waals surface area contributed by atoms with Crippen LogP contribution in [0.1, 0.15) is 81.6 Å². The van der Waals surface area contributed by atoms with E-state index in [9.17, 15) is 25.2 Å². The first-order valence-corrected chi connectivity index (χ1v) is 15.4. The second-order valence-electron chi connectivity index (χ2n) is 13.6. The highest BCUT2D eigenvalue weighted by Crippen LogP contribution is 2.71. The molecule has 8 nitrogen and oxygen atoms in total. The van der Waals surface area contributed by atoms with E-state index in [0.29, 0.717) is 25.7 Å². The Labute approximate surface area is 253 Å². The SMILES string of the molecule is C[C@H](OC(=O)c1cccnc1)[C@]1(O)CC[C@@]2(O)[C@]1(C)[C@H](O/C=C/c1ccccc1)CC1[C@@]3(C)CC[C@H](O)CC3=CC[C@]12O. The van der Waals surface area contributed by atoms with Gasteiger partial charge in [-0.3, -0.25) is 4.98 Å². The molecule has 43 heavy (non-hydrogen) atoms. The van der Waals surface area contributed by atoms with Crippen LogP contribution in [0.15, 0.2) is 72.8 Å². The Bertz CT molecular complexity index is 1410. The molecule has 0 bridgehead atoms. The molecule has 0 spiro atoms. The third kappa shape index (κ3) is 4.32. The summed E-state index contributed by atoms with van der Waals surface area (Å²) >= 11 is 0. The standard InChI is InChI=1S/C35H43NO7/c1-23(43-30(38)25-10-7-18-36-22-25)33(39)16-17-35(41)32(33,3)29(42-19-13-24-8-5-4-6-9-24)21-28-31(2)14-12-27(37)20-26(31)11-15-34(28,35)40/h4-11,13,18-19,22-23,27-29,37,39-41H,12,14-17,20-21H2,1-3H3/b19-13+/t23-,27-,28?,29+,31-,32+,33+,34-,35+/m0/s1. The van der Waals surface area contributed by atoms with Crippen LogP contribution >= 0.6 is 0 Å². The largest absolute Gasteiger partial charge is 0.497 e. The maximum absolute atomic E-state index is 13.1. The van der Waals surface area contributed by atoms with E-state index >= 15 is 0 Å². The smallest absolute Gasteiger partial charge is 0.340 e. The summed E-state index contributed by atoms with van der Waals surface area (Å²) < 4.78 is 12.4. The monoisotopic (exact) mass is 589 g/mol. The summed E-state index contributed by atoms with van der Waals surface area (Å²) in [6, 6.07) is 12.9. The zero-order chi connectivity index (χ0) is 30.7. The van der Waals surface area contributed by atoms with Gasteiger partial charge in [0.15, 0.2) is 0 Å². The lowest BCUT2D eigenvalue weighted by Gasteiger charge is -2.67. The van der Waals surface area contributed by atoms with E-state index in [4.69, 9.17) is 9.47 Å². The van der Waals surface area contributed by atoms with E-state index in [0.717, 1.165) is 11.1 Å². The predicted molar refractivity (Wildman–Crippen MR) is 160 cm³/mol. The summed E-state index contributed by atoms with van der Waals surface area (Å²) in [6.07, 6.45) is 8.85. The number of rotatable bonds is 6. The number of aromatic nitrogens is 1. The Balaban J connectivity index is 1.41. The van der Waals surface area contributed by atoms with Gasteiger partial charge >= 0.3 is 5.97 Å². The maximum atomic E-state index is 13.1. The molecule has 2 aromatic rings.